The van der Waals surface area contributed by atoms with Crippen LogP contribution in [-0.2, 0) is 11.8 Å². The second-order valence-corrected chi connectivity index (χ2v) is 6.83. The van der Waals surface area contributed by atoms with Crippen LogP contribution in [0.3, 0.4) is 0 Å². The molecule has 1 aromatic rings. The third kappa shape index (κ3) is 1.51. The van der Waals surface area contributed by atoms with Crippen molar-refractivity contribution in [2.45, 2.75) is 55.3 Å². The third-order valence-electron chi connectivity index (χ3n) is 5.94. The highest BCUT2D eigenvalue weighted by atomic mass is 16.3. The van der Waals surface area contributed by atoms with Gasteiger partial charge in [-0.05, 0) is 50.3 Å². The number of rotatable bonds is 0. The zero-order valence-electron chi connectivity index (χ0n) is 11.8. The predicted molar refractivity (Wildman–Crippen MR) is 76.4 cm³/mol. The Morgan fingerprint density at radius 1 is 1.19 bits per heavy atom. The summed E-state index contributed by atoms with van der Waals surface area (Å²) < 4.78 is 0. The van der Waals surface area contributed by atoms with Crippen LogP contribution in [0, 0.1) is 0 Å². The van der Waals surface area contributed by atoms with Gasteiger partial charge in [0.2, 0.25) is 0 Å². The molecule has 2 bridgehead atoms. The Balaban J connectivity index is 2.00. The number of nitrogens with one attached hydrogen (secondary N) is 1. The maximum absolute atomic E-state index is 11.4. The van der Waals surface area contributed by atoms with E-state index < -0.39 is 17.1 Å². The van der Waals surface area contributed by atoms with Crippen LogP contribution in [0.4, 0.5) is 0 Å². The van der Waals surface area contributed by atoms with Crippen molar-refractivity contribution >= 4 is 0 Å². The lowest BCUT2D eigenvalue weighted by atomic mass is 9.49. The van der Waals surface area contributed by atoms with Gasteiger partial charge in [0.25, 0.3) is 0 Å². The van der Waals surface area contributed by atoms with Gasteiger partial charge in [0.15, 0.2) is 11.5 Å². The summed E-state index contributed by atoms with van der Waals surface area (Å²) in [6.45, 7) is 0.744. The molecule has 3 aliphatic rings. The molecule has 0 spiro atoms. The van der Waals surface area contributed by atoms with Crippen LogP contribution in [0.2, 0.25) is 0 Å². The molecule has 0 radical (unpaired) electrons. The number of phenols is 2. The second kappa shape index (κ2) is 4.12. The number of piperidine rings is 1. The van der Waals surface area contributed by atoms with E-state index in [1.165, 1.54) is 6.07 Å². The highest BCUT2D eigenvalue weighted by Gasteiger charge is 2.63. The van der Waals surface area contributed by atoms with Crippen molar-refractivity contribution in [3.8, 4) is 11.5 Å². The molecule has 1 heterocycles. The van der Waals surface area contributed by atoms with E-state index in [1.54, 1.807) is 0 Å². The number of aliphatic hydroxyl groups excluding tert-OH is 1. The molecule has 1 aromatic carbocycles. The van der Waals surface area contributed by atoms with Gasteiger partial charge in [-0.2, -0.15) is 0 Å². The van der Waals surface area contributed by atoms with Gasteiger partial charge in [-0.15, -0.1) is 0 Å². The van der Waals surface area contributed by atoms with Gasteiger partial charge >= 0.3 is 0 Å². The molecule has 1 unspecified atom stereocenters. The first-order chi connectivity index (χ1) is 9.98. The molecule has 114 valence electrons. The molecule has 0 aromatic heterocycles. The van der Waals surface area contributed by atoms with E-state index in [0.29, 0.717) is 37.7 Å². The topological polar surface area (TPSA) is 93.0 Å². The Labute approximate surface area is 123 Å². The Hall–Kier alpha value is -1.30. The number of hydrogen-bond acceptors (Lipinski definition) is 5. The fourth-order valence-electron chi connectivity index (χ4n) is 4.99. The average Bonchev–Trinajstić information content (AvgIpc) is 2.43. The summed E-state index contributed by atoms with van der Waals surface area (Å²) in [6, 6.07) is 3.27. The average molecular weight is 291 g/mol. The molecular formula is C16H21NO4. The Morgan fingerprint density at radius 3 is 2.81 bits per heavy atom. The minimum atomic E-state index is -0.969. The zero-order chi connectivity index (χ0) is 14.8. The highest BCUT2D eigenvalue weighted by Crippen LogP contribution is 2.59. The van der Waals surface area contributed by atoms with Crippen molar-refractivity contribution < 1.29 is 20.4 Å². The fraction of sp³-hybridized carbons (Fsp3) is 0.625. The van der Waals surface area contributed by atoms with Crippen molar-refractivity contribution in [1.82, 2.24) is 5.32 Å². The lowest BCUT2D eigenvalue weighted by Crippen LogP contribution is -2.72. The van der Waals surface area contributed by atoms with E-state index in [-0.39, 0.29) is 17.5 Å². The molecule has 1 saturated heterocycles. The molecule has 5 N–H and O–H groups in total. The minimum absolute atomic E-state index is 0.0600. The van der Waals surface area contributed by atoms with Gasteiger partial charge in [-0.1, -0.05) is 6.07 Å². The predicted octanol–water partition coefficient (Wildman–Crippen LogP) is 0.530. The quantitative estimate of drug-likeness (QED) is 0.450. The number of aliphatic hydroxyl groups is 2. The summed E-state index contributed by atoms with van der Waals surface area (Å²) in [6.07, 6.45) is 2.34. The SMILES string of the molecule is Oc1ccc2c(c1O)C13CCN[C@H](C2)[C@]1(O)CC[C@H](O)C3. The lowest BCUT2D eigenvalue weighted by Gasteiger charge is -2.61. The number of fused-ring (bicyclic) bond motifs is 1. The number of phenolic OH excluding ortho intramolecular Hbond substituents is 2. The van der Waals surface area contributed by atoms with E-state index in [9.17, 15) is 20.4 Å². The monoisotopic (exact) mass is 291 g/mol. The van der Waals surface area contributed by atoms with Crippen LogP contribution in [0.25, 0.3) is 0 Å². The maximum Gasteiger partial charge on any atom is 0.161 e. The molecule has 5 nitrogen and oxygen atoms in total. The number of aromatic hydroxyl groups is 2. The first-order valence-electron chi connectivity index (χ1n) is 7.66. The molecule has 1 saturated carbocycles. The van der Waals surface area contributed by atoms with E-state index in [1.807, 2.05) is 6.07 Å². The molecule has 21 heavy (non-hydrogen) atoms. The Kier molecular flexibility index (Phi) is 2.62. The smallest absolute Gasteiger partial charge is 0.161 e. The maximum atomic E-state index is 11.4. The van der Waals surface area contributed by atoms with Crippen LogP contribution in [0.1, 0.15) is 36.8 Å². The molecule has 5 heteroatoms. The van der Waals surface area contributed by atoms with Crippen LogP contribution in [0.5, 0.6) is 11.5 Å². The van der Waals surface area contributed by atoms with Gasteiger partial charge in [0.05, 0.1) is 11.7 Å². The molecule has 2 aliphatic carbocycles. The van der Waals surface area contributed by atoms with Crippen LogP contribution in [0.15, 0.2) is 12.1 Å². The summed E-state index contributed by atoms with van der Waals surface area (Å²) in [5.41, 5.74) is -0.0255. The Morgan fingerprint density at radius 2 is 2.00 bits per heavy atom. The number of hydrogen-bond donors (Lipinski definition) is 5. The van der Waals surface area contributed by atoms with Crippen LogP contribution >= 0.6 is 0 Å². The highest BCUT2D eigenvalue weighted by molar-refractivity contribution is 5.57. The first kappa shape index (κ1) is 13.4. The molecule has 4 atom stereocenters. The largest absolute Gasteiger partial charge is 0.504 e. The van der Waals surface area contributed by atoms with Gasteiger partial charge in [0.1, 0.15) is 0 Å². The summed E-state index contributed by atoms with van der Waals surface area (Å²) in [5, 5.41) is 45.3. The van der Waals surface area contributed by atoms with Gasteiger partial charge in [-0.25, -0.2) is 0 Å². The molecule has 2 fully saturated rings. The minimum Gasteiger partial charge on any atom is -0.504 e. The first-order valence-corrected chi connectivity index (χ1v) is 7.66. The van der Waals surface area contributed by atoms with Gasteiger partial charge < -0.3 is 25.7 Å². The third-order valence-corrected chi connectivity index (χ3v) is 5.94. The fourth-order valence-corrected chi connectivity index (χ4v) is 4.99. The number of benzene rings is 1. The molecule has 4 rings (SSSR count). The van der Waals surface area contributed by atoms with Crippen molar-refractivity contribution in [3.63, 3.8) is 0 Å². The van der Waals surface area contributed by atoms with E-state index in [4.69, 9.17) is 0 Å². The van der Waals surface area contributed by atoms with Crippen LogP contribution < -0.4 is 5.32 Å². The summed E-state index contributed by atoms with van der Waals surface area (Å²) in [7, 11) is 0. The van der Waals surface area contributed by atoms with E-state index in [0.717, 1.165) is 12.1 Å². The van der Waals surface area contributed by atoms with Gasteiger partial charge in [0, 0.05) is 17.0 Å². The van der Waals surface area contributed by atoms with Crippen molar-refractivity contribution in [1.29, 1.82) is 0 Å². The second-order valence-electron chi connectivity index (χ2n) is 6.83. The van der Waals surface area contributed by atoms with Gasteiger partial charge in [-0.3, -0.25) is 0 Å². The van der Waals surface area contributed by atoms with Crippen molar-refractivity contribution in [3.05, 3.63) is 23.3 Å². The van der Waals surface area contributed by atoms with E-state index in [2.05, 4.69) is 5.32 Å². The van der Waals surface area contributed by atoms with E-state index >= 15 is 0 Å². The molecule has 1 aliphatic heterocycles. The molecule has 0 amide bonds. The van der Waals surface area contributed by atoms with Crippen molar-refractivity contribution in [2.24, 2.45) is 0 Å². The van der Waals surface area contributed by atoms with Crippen molar-refractivity contribution in [2.75, 3.05) is 6.54 Å². The zero-order valence-corrected chi connectivity index (χ0v) is 11.8. The molecular weight excluding hydrogens is 270 g/mol. The normalized spacial score (nSPS) is 41.2. The lowest BCUT2D eigenvalue weighted by molar-refractivity contribution is -0.146. The summed E-state index contributed by atoms with van der Waals surface area (Å²) >= 11 is 0. The standard InChI is InChI=1S/C16H21NO4/c18-10-3-4-16(21)12-7-9-1-2-11(19)14(20)13(9)15(16,8-10)5-6-17-12/h1-2,10,12,17-21H,3-8H2/t10-,12+,15?,16+/m0/s1. The van der Waals surface area contributed by atoms with Crippen LogP contribution in [-0.4, -0.2) is 44.7 Å². The Bertz CT molecular complexity index is 604. The summed E-state index contributed by atoms with van der Waals surface area (Å²) in [4.78, 5) is 0. The summed E-state index contributed by atoms with van der Waals surface area (Å²) in [5.74, 6) is -0.275.